The molecule has 11 nitrogen and oxygen atoms in total. The van der Waals surface area contributed by atoms with Crippen LogP contribution in [0.2, 0.25) is 0 Å². The van der Waals surface area contributed by atoms with Crippen molar-refractivity contribution < 1.29 is 4.79 Å². The van der Waals surface area contributed by atoms with Crippen LogP contribution in [-0.4, -0.2) is 63.1 Å². The van der Waals surface area contributed by atoms with E-state index < -0.39 is 0 Å². The van der Waals surface area contributed by atoms with Gasteiger partial charge in [0.25, 0.3) is 0 Å². The number of carbonyl (C=O) groups is 1. The Morgan fingerprint density at radius 1 is 1.09 bits per heavy atom. The number of nitrogens with zero attached hydrogens (tertiary/aromatic N) is 9. The number of hydrogen-bond donors (Lipinski definition) is 1. The Labute approximate surface area is 196 Å². The first-order chi connectivity index (χ1) is 16.7. The molecule has 0 atom stereocenters. The molecule has 6 rings (SSSR count). The van der Waals surface area contributed by atoms with Gasteiger partial charge in [0.1, 0.15) is 11.8 Å². The highest BCUT2D eigenvalue weighted by Gasteiger charge is 2.31. The number of nitrogens with one attached hydrogen (secondary N) is 1. The average Bonchev–Trinajstić information content (AvgIpc) is 3.52. The number of aromatic nitrogens is 8. The highest BCUT2D eigenvalue weighted by molar-refractivity contribution is 5.79. The standard InChI is InChI=1S/C23H26N10O/c1-15-3-2-4-18-21(15)29-30-33(18)19-9-10-24-23(27-19)26-17-7-5-16(6-8-17)22(34)31-11-12-32-14-25-28-20(32)13-31/h2-4,9-10,14,16-17H,5-8,11-13H2,1H3,(H,24,26,27)/t16-,17-. The van der Waals surface area contributed by atoms with Gasteiger partial charge < -0.3 is 14.8 Å². The van der Waals surface area contributed by atoms with Crippen molar-refractivity contribution in [1.82, 2.24) is 44.6 Å². The lowest BCUT2D eigenvalue weighted by molar-refractivity contribution is -0.138. The van der Waals surface area contributed by atoms with Gasteiger partial charge in [-0.05, 0) is 44.2 Å². The number of anilines is 1. The summed E-state index contributed by atoms with van der Waals surface area (Å²) < 4.78 is 3.76. The Morgan fingerprint density at radius 2 is 1.97 bits per heavy atom. The second-order valence-electron chi connectivity index (χ2n) is 9.08. The monoisotopic (exact) mass is 458 g/mol. The molecule has 2 aliphatic rings. The molecule has 4 aromatic rings. The predicted octanol–water partition coefficient (Wildman–Crippen LogP) is 2.12. The van der Waals surface area contributed by atoms with Crippen LogP contribution in [0.5, 0.6) is 0 Å². The number of amides is 1. The van der Waals surface area contributed by atoms with Crippen LogP contribution in [0.25, 0.3) is 16.9 Å². The van der Waals surface area contributed by atoms with Crippen LogP contribution in [0, 0.1) is 12.8 Å². The summed E-state index contributed by atoms with van der Waals surface area (Å²) >= 11 is 0. The normalized spacial score (nSPS) is 20.3. The number of benzene rings is 1. The molecule has 1 aliphatic heterocycles. The van der Waals surface area contributed by atoms with Crippen molar-refractivity contribution in [3.63, 3.8) is 0 Å². The van der Waals surface area contributed by atoms with Gasteiger partial charge in [0.05, 0.1) is 12.1 Å². The Kier molecular flexibility index (Phi) is 5.16. The second kappa shape index (κ2) is 8.47. The topological polar surface area (TPSA) is 120 Å². The van der Waals surface area contributed by atoms with Crippen LogP contribution in [0.15, 0.2) is 36.8 Å². The van der Waals surface area contributed by atoms with E-state index in [1.807, 2.05) is 40.7 Å². The van der Waals surface area contributed by atoms with E-state index in [-0.39, 0.29) is 17.9 Å². The second-order valence-corrected chi connectivity index (χ2v) is 9.08. The fourth-order valence-electron chi connectivity index (χ4n) is 4.97. The Morgan fingerprint density at radius 3 is 2.85 bits per heavy atom. The van der Waals surface area contributed by atoms with Crippen molar-refractivity contribution in [3.05, 3.63) is 48.2 Å². The molecule has 1 amide bonds. The van der Waals surface area contributed by atoms with Crippen molar-refractivity contribution in [2.45, 2.75) is 51.7 Å². The smallest absolute Gasteiger partial charge is 0.226 e. The van der Waals surface area contributed by atoms with Gasteiger partial charge in [-0.15, -0.1) is 15.3 Å². The van der Waals surface area contributed by atoms with E-state index in [9.17, 15) is 4.79 Å². The van der Waals surface area contributed by atoms with E-state index in [1.165, 1.54) is 0 Å². The summed E-state index contributed by atoms with van der Waals surface area (Å²) in [6.45, 7) is 4.05. The molecule has 1 saturated carbocycles. The van der Waals surface area contributed by atoms with Gasteiger partial charge in [-0.25, -0.2) is 4.98 Å². The van der Waals surface area contributed by atoms with Crippen LogP contribution in [0.1, 0.15) is 37.1 Å². The molecule has 1 aromatic carbocycles. The Bertz CT molecular complexity index is 1340. The molecule has 0 saturated heterocycles. The average molecular weight is 459 g/mol. The number of aryl methyl sites for hydroxylation is 1. The van der Waals surface area contributed by atoms with E-state index in [4.69, 9.17) is 0 Å². The van der Waals surface area contributed by atoms with Gasteiger partial charge in [0.2, 0.25) is 11.9 Å². The molecule has 0 bridgehead atoms. The van der Waals surface area contributed by atoms with Gasteiger partial charge in [-0.1, -0.05) is 17.3 Å². The molecule has 0 radical (unpaired) electrons. The molecule has 1 N–H and O–H groups in total. The first kappa shape index (κ1) is 20.7. The zero-order valence-corrected chi connectivity index (χ0v) is 19.0. The van der Waals surface area contributed by atoms with E-state index >= 15 is 0 Å². The minimum Gasteiger partial charge on any atom is -0.351 e. The summed E-state index contributed by atoms with van der Waals surface area (Å²) in [4.78, 5) is 24.1. The molecule has 4 heterocycles. The van der Waals surface area contributed by atoms with Crippen molar-refractivity contribution >= 4 is 22.9 Å². The van der Waals surface area contributed by atoms with E-state index in [2.05, 4.69) is 35.8 Å². The summed E-state index contributed by atoms with van der Waals surface area (Å²) in [7, 11) is 0. The maximum absolute atomic E-state index is 13.1. The SMILES string of the molecule is Cc1cccc2c1nnn2-c1ccnc(N[C@H]2CC[C@H](C(=O)N3CCn4cnnc4C3)CC2)n1. The fraction of sp³-hybridized carbons (Fsp3) is 0.435. The van der Waals surface area contributed by atoms with E-state index in [1.54, 1.807) is 17.2 Å². The van der Waals surface area contributed by atoms with Crippen molar-refractivity contribution in [1.29, 1.82) is 0 Å². The molecule has 1 fully saturated rings. The molecule has 0 spiro atoms. The van der Waals surface area contributed by atoms with Crippen LogP contribution in [0.3, 0.4) is 0 Å². The zero-order valence-electron chi connectivity index (χ0n) is 19.0. The summed E-state index contributed by atoms with van der Waals surface area (Å²) in [5.41, 5.74) is 2.86. The number of hydrogen-bond acceptors (Lipinski definition) is 8. The maximum atomic E-state index is 13.1. The van der Waals surface area contributed by atoms with Gasteiger partial charge in [-0.2, -0.15) is 9.67 Å². The van der Waals surface area contributed by atoms with Gasteiger partial charge in [0.15, 0.2) is 11.6 Å². The fourth-order valence-corrected chi connectivity index (χ4v) is 4.97. The molecular weight excluding hydrogens is 432 g/mol. The first-order valence-electron chi connectivity index (χ1n) is 11.7. The third kappa shape index (κ3) is 3.76. The maximum Gasteiger partial charge on any atom is 0.226 e. The van der Waals surface area contributed by atoms with Crippen LogP contribution in [0.4, 0.5) is 5.95 Å². The number of rotatable bonds is 4. The molecule has 3 aromatic heterocycles. The Balaban J connectivity index is 1.09. The number of fused-ring (bicyclic) bond motifs is 2. The Hall–Kier alpha value is -3.89. The lowest BCUT2D eigenvalue weighted by Gasteiger charge is -2.34. The lowest BCUT2D eigenvalue weighted by atomic mass is 9.85. The van der Waals surface area contributed by atoms with Gasteiger partial charge >= 0.3 is 0 Å². The van der Waals surface area contributed by atoms with Gasteiger partial charge in [0, 0.05) is 37.3 Å². The summed E-state index contributed by atoms with van der Waals surface area (Å²) in [5, 5.41) is 20.1. The summed E-state index contributed by atoms with van der Waals surface area (Å²) in [5.74, 6) is 2.40. The minimum absolute atomic E-state index is 0.0597. The minimum atomic E-state index is 0.0597. The third-order valence-corrected chi connectivity index (χ3v) is 6.90. The van der Waals surface area contributed by atoms with Crippen molar-refractivity contribution in [2.75, 3.05) is 11.9 Å². The van der Waals surface area contributed by atoms with Crippen LogP contribution in [-0.2, 0) is 17.9 Å². The van der Waals surface area contributed by atoms with Gasteiger partial charge in [-0.3, -0.25) is 4.79 Å². The highest BCUT2D eigenvalue weighted by Crippen LogP contribution is 2.29. The van der Waals surface area contributed by atoms with Crippen molar-refractivity contribution in [3.8, 4) is 5.82 Å². The van der Waals surface area contributed by atoms with Crippen LogP contribution < -0.4 is 5.32 Å². The predicted molar refractivity (Wildman–Crippen MR) is 124 cm³/mol. The molecule has 1 aliphatic carbocycles. The molecule has 34 heavy (non-hydrogen) atoms. The summed E-state index contributed by atoms with van der Waals surface area (Å²) in [6.07, 6.45) is 6.98. The van der Waals surface area contributed by atoms with Crippen molar-refractivity contribution in [2.24, 2.45) is 5.92 Å². The molecular formula is C23H26N10O. The quantitative estimate of drug-likeness (QED) is 0.494. The number of carbonyl (C=O) groups excluding carboxylic acids is 1. The zero-order chi connectivity index (χ0) is 23.1. The lowest BCUT2D eigenvalue weighted by Crippen LogP contribution is -2.43. The third-order valence-electron chi connectivity index (χ3n) is 6.90. The largest absolute Gasteiger partial charge is 0.351 e. The first-order valence-corrected chi connectivity index (χ1v) is 11.7. The molecule has 174 valence electrons. The molecule has 11 heteroatoms. The molecule has 0 unspecified atom stereocenters. The van der Waals surface area contributed by atoms with E-state index in [0.717, 1.165) is 61.2 Å². The van der Waals surface area contributed by atoms with Crippen LogP contribution >= 0.6 is 0 Å². The summed E-state index contributed by atoms with van der Waals surface area (Å²) in [6, 6.07) is 8.07. The van der Waals surface area contributed by atoms with E-state index in [0.29, 0.717) is 18.3 Å². The highest BCUT2D eigenvalue weighted by atomic mass is 16.2.